The molecule has 1 aliphatic carbocycles. The maximum atomic E-state index is 5.58. The van der Waals surface area contributed by atoms with Crippen molar-refractivity contribution in [1.82, 2.24) is 5.32 Å². The highest BCUT2D eigenvalue weighted by Gasteiger charge is 2.47. The van der Waals surface area contributed by atoms with Gasteiger partial charge in [-0.05, 0) is 37.0 Å². The minimum absolute atomic E-state index is 0.0724. The molecular formula is C14H18NS2. The Hall–Kier alpha value is -0.120. The highest BCUT2D eigenvalue weighted by molar-refractivity contribution is 8.00. The second kappa shape index (κ2) is 4.87. The van der Waals surface area contributed by atoms with Gasteiger partial charge in [-0.25, -0.2) is 5.32 Å². The summed E-state index contributed by atoms with van der Waals surface area (Å²) in [6.07, 6.45) is 12.6. The van der Waals surface area contributed by atoms with E-state index in [9.17, 15) is 0 Å². The van der Waals surface area contributed by atoms with Crippen LogP contribution in [0.2, 0.25) is 0 Å². The van der Waals surface area contributed by atoms with Gasteiger partial charge in [-0.1, -0.05) is 30.4 Å². The molecule has 3 heteroatoms. The molecular weight excluding hydrogens is 246 g/mol. The maximum absolute atomic E-state index is 5.58. The number of thioether (sulfide) groups is 1. The first-order valence-corrected chi connectivity index (χ1v) is 7.99. The molecule has 0 aromatic carbocycles. The molecule has 1 radical (unpaired) electrons. The molecule has 2 saturated heterocycles. The van der Waals surface area contributed by atoms with Crippen molar-refractivity contribution in [2.75, 3.05) is 12.3 Å². The zero-order valence-corrected chi connectivity index (χ0v) is 11.7. The Morgan fingerprint density at radius 1 is 1.41 bits per heavy atom. The van der Waals surface area contributed by atoms with Gasteiger partial charge in [0.05, 0.1) is 5.54 Å². The minimum atomic E-state index is 0.0724. The van der Waals surface area contributed by atoms with Crippen LogP contribution in [0.4, 0.5) is 0 Å². The van der Waals surface area contributed by atoms with E-state index in [2.05, 4.69) is 30.0 Å². The molecule has 3 aliphatic rings. The number of thiocarbonyl (C=S) groups is 1. The van der Waals surface area contributed by atoms with Crippen LogP contribution in [0.3, 0.4) is 0 Å². The van der Waals surface area contributed by atoms with Crippen molar-refractivity contribution in [3.05, 3.63) is 23.8 Å². The Balaban J connectivity index is 1.95. The fourth-order valence-corrected chi connectivity index (χ4v) is 5.13. The quantitative estimate of drug-likeness (QED) is 0.711. The molecule has 3 rings (SSSR count). The fourth-order valence-electron chi connectivity index (χ4n) is 3.24. The van der Waals surface area contributed by atoms with Crippen LogP contribution in [-0.4, -0.2) is 28.0 Å². The van der Waals surface area contributed by atoms with Gasteiger partial charge in [-0.15, -0.1) is 0 Å². The lowest BCUT2D eigenvalue weighted by Gasteiger charge is -2.37. The van der Waals surface area contributed by atoms with E-state index < -0.39 is 0 Å². The van der Waals surface area contributed by atoms with Crippen molar-refractivity contribution in [1.29, 1.82) is 0 Å². The topological polar surface area (TPSA) is 14.1 Å². The van der Waals surface area contributed by atoms with Crippen molar-refractivity contribution >= 4 is 28.8 Å². The van der Waals surface area contributed by atoms with Crippen molar-refractivity contribution < 1.29 is 0 Å². The SMILES string of the molecule is S=C1CC=CC=C1C1(C2CCCS2)CCC[N]1. The lowest BCUT2D eigenvalue weighted by molar-refractivity contribution is 0.422. The zero-order valence-electron chi connectivity index (χ0n) is 10.0. The summed E-state index contributed by atoms with van der Waals surface area (Å²) in [6, 6.07) is 0. The molecule has 2 unspecified atom stereocenters. The summed E-state index contributed by atoms with van der Waals surface area (Å²) >= 11 is 7.70. The standard InChI is InChI=1S/C14H18NS2/c16-12-6-2-1-5-11(12)14(8-4-9-15-14)13-7-3-10-17-13/h1-2,5,13H,3-4,6-10H2. The summed E-state index contributed by atoms with van der Waals surface area (Å²) in [5, 5.41) is 5.69. The Kier molecular flexibility index (Phi) is 3.42. The minimum Gasteiger partial charge on any atom is -0.229 e. The second-order valence-corrected chi connectivity index (χ2v) is 6.85. The lowest BCUT2D eigenvalue weighted by Crippen LogP contribution is -2.48. The maximum Gasteiger partial charge on any atom is 0.0734 e. The van der Waals surface area contributed by atoms with Gasteiger partial charge in [0.15, 0.2) is 0 Å². The van der Waals surface area contributed by atoms with Crippen molar-refractivity contribution in [3.8, 4) is 0 Å². The van der Waals surface area contributed by atoms with E-state index in [1.807, 2.05) is 0 Å². The molecule has 1 nitrogen and oxygen atoms in total. The molecule has 0 saturated carbocycles. The highest BCUT2D eigenvalue weighted by Crippen LogP contribution is 2.45. The fraction of sp³-hybridized carbons (Fsp3) is 0.643. The Bertz CT molecular complexity index is 372. The van der Waals surface area contributed by atoms with Crippen LogP contribution in [0.25, 0.3) is 0 Å². The van der Waals surface area contributed by atoms with Crippen LogP contribution in [0.15, 0.2) is 23.8 Å². The number of hydrogen-bond donors (Lipinski definition) is 0. The van der Waals surface area contributed by atoms with Crippen LogP contribution in [-0.2, 0) is 0 Å². The summed E-state index contributed by atoms with van der Waals surface area (Å²) in [5.74, 6) is 1.30. The molecule has 0 N–H and O–H groups in total. The van der Waals surface area contributed by atoms with Crippen LogP contribution in [0.1, 0.15) is 32.1 Å². The van der Waals surface area contributed by atoms with E-state index in [1.54, 1.807) is 0 Å². The average Bonchev–Trinajstić information content (AvgIpc) is 3.01. The monoisotopic (exact) mass is 264 g/mol. The largest absolute Gasteiger partial charge is 0.229 e. The van der Waals surface area contributed by atoms with E-state index in [0.29, 0.717) is 5.25 Å². The summed E-state index contributed by atoms with van der Waals surface area (Å²) in [6.45, 7) is 1.03. The third kappa shape index (κ3) is 2.02. The Morgan fingerprint density at radius 2 is 2.35 bits per heavy atom. The van der Waals surface area contributed by atoms with Crippen LogP contribution in [0.5, 0.6) is 0 Å². The van der Waals surface area contributed by atoms with Gasteiger partial charge in [0.1, 0.15) is 0 Å². The first kappa shape index (κ1) is 11.9. The third-order valence-electron chi connectivity index (χ3n) is 4.04. The summed E-state index contributed by atoms with van der Waals surface area (Å²) < 4.78 is 0. The summed E-state index contributed by atoms with van der Waals surface area (Å²) in [4.78, 5) is 1.13. The molecule has 2 fully saturated rings. The Labute approximate surface area is 113 Å². The normalized spacial score (nSPS) is 37.5. The van der Waals surface area contributed by atoms with E-state index >= 15 is 0 Å². The summed E-state index contributed by atoms with van der Waals surface area (Å²) in [7, 11) is 0. The van der Waals surface area contributed by atoms with Gasteiger partial charge >= 0.3 is 0 Å². The first-order chi connectivity index (χ1) is 8.33. The molecule has 0 amide bonds. The van der Waals surface area contributed by atoms with Crippen LogP contribution in [0, 0.1) is 0 Å². The van der Waals surface area contributed by atoms with Gasteiger partial charge in [0, 0.05) is 23.1 Å². The van der Waals surface area contributed by atoms with Crippen molar-refractivity contribution in [3.63, 3.8) is 0 Å². The molecule has 0 bridgehead atoms. The molecule has 2 heterocycles. The molecule has 0 spiro atoms. The molecule has 17 heavy (non-hydrogen) atoms. The number of allylic oxidation sites excluding steroid dienone is 3. The van der Waals surface area contributed by atoms with E-state index in [1.165, 1.54) is 37.0 Å². The highest BCUT2D eigenvalue weighted by atomic mass is 32.2. The molecule has 0 aromatic heterocycles. The predicted octanol–water partition coefficient (Wildman–Crippen LogP) is 3.28. The second-order valence-electron chi connectivity index (χ2n) is 5.05. The third-order valence-corrected chi connectivity index (χ3v) is 5.98. The molecule has 0 aromatic rings. The molecule has 2 aliphatic heterocycles. The zero-order chi connectivity index (χ0) is 11.7. The predicted molar refractivity (Wildman–Crippen MR) is 78.9 cm³/mol. The molecule has 2 atom stereocenters. The molecule has 91 valence electrons. The van der Waals surface area contributed by atoms with Gasteiger partial charge in [0.25, 0.3) is 0 Å². The lowest BCUT2D eigenvalue weighted by atomic mass is 9.79. The first-order valence-electron chi connectivity index (χ1n) is 6.54. The number of nitrogens with zero attached hydrogens (tertiary/aromatic N) is 1. The average molecular weight is 264 g/mol. The van der Waals surface area contributed by atoms with Gasteiger partial charge in [0.2, 0.25) is 0 Å². The van der Waals surface area contributed by atoms with Crippen molar-refractivity contribution in [2.45, 2.75) is 42.9 Å². The summed E-state index contributed by atoms with van der Waals surface area (Å²) in [5.41, 5.74) is 1.44. The van der Waals surface area contributed by atoms with E-state index in [0.717, 1.165) is 17.8 Å². The van der Waals surface area contributed by atoms with E-state index in [-0.39, 0.29) is 5.54 Å². The number of hydrogen-bond acceptors (Lipinski definition) is 2. The van der Waals surface area contributed by atoms with Crippen LogP contribution < -0.4 is 5.32 Å². The van der Waals surface area contributed by atoms with Crippen LogP contribution >= 0.6 is 24.0 Å². The van der Waals surface area contributed by atoms with Gasteiger partial charge < -0.3 is 0 Å². The van der Waals surface area contributed by atoms with Gasteiger partial charge in [-0.3, -0.25) is 0 Å². The number of rotatable bonds is 2. The van der Waals surface area contributed by atoms with Gasteiger partial charge in [-0.2, -0.15) is 11.8 Å². The van der Waals surface area contributed by atoms with Crippen molar-refractivity contribution in [2.24, 2.45) is 0 Å². The van der Waals surface area contributed by atoms with E-state index in [4.69, 9.17) is 17.5 Å². The Morgan fingerprint density at radius 3 is 3.00 bits per heavy atom. The smallest absolute Gasteiger partial charge is 0.0734 e.